The van der Waals surface area contributed by atoms with Crippen molar-refractivity contribution in [3.05, 3.63) is 17.3 Å². The van der Waals surface area contributed by atoms with E-state index in [0.717, 1.165) is 17.2 Å². The Hall–Kier alpha value is -1.40. The molecule has 1 N–H and O–H groups in total. The van der Waals surface area contributed by atoms with E-state index in [-0.39, 0.29) is 6.04 Å². The van der Waals surface area contributed by atoms with Gasteiger partial charge < -0.3 is 14.5 Å². The average Bonchev–Trinajstić information content (AvgIpc) is 2.97. The molecule has 0 aromatic carbocycles. The molecule has 2 rings (SSSR count). The fraction of sp³-hybridized carbons (Fsp3) is 0.455. The van der Waals surface area contributed by atoms with Crippen molar-refractivity contribution in [3.8, 4) is 16.5 Å². The van der Waals surface area contributed by atoms with E-state index < -0.39 is 0 Å². The van der Waals surface area contributed by atoms with Gasteiger partial charge in [0, 0.05) is 0 Å². The number of hydrogen-bond donors (Lipinski definition) is 1. The van der Waals surface area contributed by atoms with Crippen LogP contribution in [-0.4, -0.2) is 23.9 Å². The smallest absolute Gasteiger partial charge is 0.261 e. The van der Waals surface area contributed by atoms with Gasteiger partial charge >= 0.3 is 0 Å². The van der Waals surface area contributed by atoms with Gasteiger partial charge in [-0.2, -0.15) is 0 Å². The minimum absolute atomic E-state index is 0.0622. The first-order valence-electron chi connectivity index (χ1n) is 5.45. The zero-order chi connectivity index (χ0) is 12.3. The van der Waals surface area contributed by atoms with E-state index in [1.54, 1.807) is 7.11 Å². The van der Waals surface area contributed by atoms with Crippen molar-refractivity contribution in [2.75, 3.05) is 13.7 Å². The predicted molar refractivity (Wildman–Crippen MR) is 66.3 cm³/mol. The van der Waals surface area contributed by atoms with Crippen LogP contribution in [0.4, 0.5) is 0 Å². The van der Waals surface area contributed by atoms with Crippen molar-refractivity contribution in [2.45, 2.75) is 19.9 Å². The fourth-order valence-electron chi connectivity index (χ4n) is 1.51. The van der Waals surface area contributed by atoms with Crippen LogP contribution in [0.25, 0.3) is 10.8 Å². The van der Waals surface area contributed by atoms with Crippen LogP contribution in [-0.2, 0) is 0 Å². The molecule has 0 amide bonds. The first kappa shape index (κ1) is 12.1. The maximum Gasteiger partial charge on any atom is 0.261 e. The highest BCUT2D eigenvalue weighted by Gasteiger charge is 2.17. The molecule has 0 saturated heterocycles. The Morgan fingerprint density at radius 2 is 2.35 bits per heavy atom. The third kappa shape index (κ3) is 2.48. The van der Waals surface area contributed by atoms with Crippen molar-refractivity contribution >= 4 is 11.3 Å². The molecule has 1 atom stereocenters. The molecule has 0 saturated carbocycles. The van der Waals surface area contributed by atoms with Gasteiger partial charge in [-0.1, -0.05) is 6.92 Å². The topological polar surface area (TPSA) is 60.2 Å². The standard InChI is InChI=1S/C11H15N3O2S/c1-4-12-7(2)10-13-14-11(16-10)9-8(15-3)5-6-17-9/h5-7,12H,4H2,1-3H3. The van der Waals surface area contributed by atoms with Crippen molar-refractivity contribution in [3.63, 3.8) is 0 Å². The molecule has 0 aliphatic carbocycles. The molecule has 0 aliphatic heterocycles. The summed E-state index contributed by atoms with van der Waals surface area (Å²) < 4.78 is 10.9. The number of methoxy groups -OCH3 is 1. The number of thiophene rings is 1. The lowest BCUT2D eigenvalue weighted by atomic mass is 10.3. The van der Waals surface area contributed by atoms with E-state index in [4.69, 9.17) is 9.15 Å². The fourth-order valence-corrected chi connectivity index (χ4v) is 2.29. The highest BCUT2D eigenvalue weighted by Crippen LogP contribution is 2.34. The summed E-state index contributed by atoms with van der Waals surface area (Å²) in [5, 5.41) is 13.2. The van der Waals surface area contributed by atoms with Crippen LogP contribution in [0, 0.1) is 0 Å². The number of nitrogens with zero attached hydrogens (tertiary/aromatic N) is 2. The maximum atomic E-state index is 5.63. The molecule has 5 nitrogen and oxygen atoms in total. The van der Waals surface area contributed by atoms with Crippen LogP contribution in [0.5, 0.6) is 5.75 Å². The van der Waals surface area contributed by atoms with Gasteiger partial charge in [0.05, 0.1) is 13.2 Å². The van der Waals surface area contributed by atoms with Gasteiger partial charge in [-0.15, -0.1) is 21.5 Å². The molecule has 6 heteroatoms. The summed E-state index contributed by atoms with van der Waals surface area (Å²) in [6.07, 6.45) is 0. The van der Waals surface area contributed by atoms with E-state index in [1.807, 2.05) is 25.3 Å². The zero-order valence-electron chi connectivity index (χ0n) is 10.1. The minimum Gasteiger partial charge on any atom is -0.495 e. The van der Waals surface area contributed by atoms with E-state index in [0.29, 0.717) is 11.8 Å². The third-order valence-corrected chi connectivity index (χ3v) is 3.25. The highest BCUT2D eigenvalue weighted by molar-refractivity contribution is 7.13. The average molecular weight is 253 g/mol. The summed E-state index contributed by atoms with van der Waals surface area (Å²) in [7, 11) is 1.63. The summed E-state index contributed by atoms with van der Waals surface area (Å²) in [4.78, 5) is 0.870. The van der Waals surface area contributed by atoms with Crippen molar-refractivity contribution in [2.24, 2.45) is 0 Å². The monoisotopic (exact) mass is 253 g/mol. The molecule has 2 aromatic rings. The van der Waals surface area contributed by atoms with Crippen LogP contribution in [0.1, 0.15) is 25.8 Å². The molecule has 0 bridgehead atoms. The summed E-state index contributed by atoms with van der Waals surface area (Å²) >= 11 is 1.52. The molecule has 92 valence electrons. The van der Waals surface area contributed by atoms with Gasteiger partial charge in [-0.3, -0.25) is 0 Å². The summed E-state index contributed by atoms with van der Waals surface area (Å²) in [5.74, 6) is 1.87. The van der Waals surface area contributed by atoms with Crippen LogP contribution in [0.3, 0.4) is 0 Å². The molecular formula is C11H15N3O2S. The van der Waals surface area contributed by atoms with E-state index in [2.05, 4.69) is 15.5 Å². The Balaban J connectivity index is 2.23. The Bertz CT molecular complexity index is 481. The third-order valence-electron chi connectivity index (χ3n) is 2.36. The highest BCUT2D eigenvalue weighted by atomic mass is 32.1. The van der Waals surface area contributed by atoms with E-state index in [9.17, 15) is 0 Å². The van der Waals surface area contributed by atoms with Gasteiger partial charge in [0.2, 0.25) is 5.89 Å². The normalized spacial score (nSPS) is 12.6. The molecular weight excluding hydrogens is 238 g/mol. The van der Waals surface area contributed by atoms with Crippen LogP contribution in [0.15, 0.2) is 15.9 Å². The number of ether oxygens (including phenoxy) is 1. The Labute approximate surface area is 104 Å². The van der Waals surface area contributed by atoms with Crippen LogP contribution < -0.4 is 10.1 Å². The van der Waals surface area contributed by atoms with Gasteiger partial charge in [-0.25, -0.2) is 0 Å². The quantitative estimate of drug-likeness (QED) is 0.887. The van der Waals surface area contributed by atoms with Gasteiger partial charge in [0.25, 0.3) is 5.89 Å². The SMILES string of the molecule is CCNC(C)c1nnc(-c2sccc2OC)o1. The van der Waals surface area contributed by atoms with E-state index >= 15 is 0 Å². The second kappa shape index (κ2) is 5.29. The van der Waals surface area contributed by atoms with Crippen molar-refractivity contribution in [1.29, 1.82) is 0 Å². The van der Waals surface area contributed by atoms with Crippen LogP contribution >= 0.6 is 11.3 Å². The summed E-state index contributed by atoms with van der Waals surface area (Å²) in [6, 6.07) is 1.95. The van der Waals surface area contributed by atoms with Gasteiger partial charge in [-0.05, 0) is 24.9 Å². The Morgan fingerprint density at radius 3 is 3.06 bits per heavy atom. The number of nitrogens with one attached hydrogen (secondary N) is 1. The lowest BCUT2D eigenvalue weighted by molar-refractivity contribution is 0.410. The molecule has 0 fully saturated rings. The van der Waals surface area contributed by atoms with Gasteiger partial charge in [0.1, 0.15) is 10.6 Å². The first-order valence-corrected chi connectivity index (χ1v) is 6.32. The minimum atomic E-state index is 0.0622. The van der Waals surface area contributed by atoms with Crippen molar-refractivity contribution < 1.29 is 9.15 Å². The Kier molecular flexibility index (Phi) is 3.75. The summed E-state index contributed by atoms with van der Waals surface area (Å²) in [5.41, 5.74) is 0. The van der Waals surface area contributed by atoms with E-state index in [1.165, 1.54) is 11.3 Å². The number of aromatic nitrogens is 2. The summed E-state index contributed by atoms with van der Waals surface area (Å²) in [6.45, 7) is 4.89. The zero-order valence-corrected chi connectivity index (χ0v) is 10.9. The van der Waals surface area contributed by atoms with Crippen molar-refractivity contribution in [1.82, 2.24) is 15.5 Å². The van der Waals surface area contributed by atoms with Crippen LogP contribution in [0.2, 0.25) is 0 Å². The molecule has 0 radical (unpaired) electrons. The lowest BCUT2D eigenvalue weighted by Gasteiger charge is -2.05. The first-order chi connectivity index (χ1) is 8.26. The lowest BCUT2D eigenvalue weighted by Crippen LogP contribution is -2.17. The molecule has 0 spiro atoms. The molecule has 1 unspecified atom stereocenters. The van der Waals surface area contributed by atoms with Gasteiger partial charge in [0.15, 0.2) is 0 Å². The molecule has 2 heterocycles. The molecule has 17 heavy (non-hydrogen) atoms. The molecule has 2 aromatic heterocycles. The number of hydrogen-bond acceptors (Lipinski definition) is 6. The molecule has 0 aliphatic rings. The number of rotatable bonds is 5. The second-order valence-electron chi connectivity index (χ2n) is 3.54. The predicted octanol–water partition coefficient (Wildman–Crippen LogP) is 2.48. The Morgan fingerprint density at radius 1 is 1.53 bits per heavy atom. The largest absolute Gasteiger partial charge is 0.495 e. The maximum absolute atomic E-state index is 5.63. The second-order valence-corrected chi connectivity index (χ2v) is 4.46.